The van der Waals surface area contributed by atoms with Crippen molar-refractivity contribution in [3.8, 4) is 22.7 Å². The van der Waals surface area contributed by atoms with Crippen LogP contribution in [0.3, 0.4) is 0 Å². The predicted molar refractivity (Wildman–Crippen MR) is 160 cm³/mol. The summed E-state index contributed by atoms with van der Waals surface area (Å²) in [5.41, 5.74) is 6.07. The van der Waals surface area contributed by atoms with Crippen molar-refractivity contribution >= 4 is 35.0 Å². The normalized spacial score (nSPS) is 14.1. The number of rotatable bonds is 7. The Kier molecular flexibility index (Phi) is 7.00. The summed E-state index contributed by atoms with van der Waals surface area (Å²) in [7, 11) is 0. The Morgan fingerprint density at radius 2 is 1.55 bits per heavy atom. The monoisotopic (exact) mass is 544 g/mol. The molecular weight excluding hydrogens is 520 g/mol. The van der Waals surface area contributed by atoms with Crippen molar-refractivity contribution in [3.05, 3.63) is 137 Å². The maximum absolute atomic E-state index is 13.4. The first kappa shape index (κ1) is 25.3. The van der Waals surface area contributed by atoms with Gasteiger partial charge < -0.3 is 4.74 Å². The van der Waals surface area contributed by atoms with Crippen molar-refractivity contribution in [2.24, 2.45) is 5.10 Å². The quantitative estimate of drug-likeness (QED) is 0.198. The lowest BCUT2D eigenvalue weighted by molar-refractivity contribution is -0.114. The minimum atomic E-state index is -0.182. The van der Waals surface area contributed by atoms with Crippen LogP contribution in [-0.2, 0) is 11.4 Å². The molecule has 0 atom stereocenters. The van der Waals surface area contributed by atoms with Gasteiger partial charge in [0.2, 0.25) is 0 Å². The van der Waals surface area contributed by atoms with Crippen LogP contribution >= 0.6 is 11.6 Å². The highest BCUT2D eigenvalue weighted by Crippen LogP contribution is 2.31. The third kappa shape index (κ3) is 5.17. The highest BCUT2D eigenvalue weighted by atomic mass is 35.5. The molecule has 0 aliphatic carbocycles. The first-order valence-electron chi connectivity index (χ1n) is 12.9. The number of hydrogen-bond acceptors (Lipinski definition) is 4. The van der Waals surface area contributed by atoms with Crippen LogP contribution in [0.5, 0.6) is 5.75 Å². The van der Waals surface area contributed by atoms with Gasteiger partial charge in [-0.25, -0.2) is 4.68 Å². The highest BCUT2D eigenvalue weighted by molar-refractivity contribution is 6.32. The predicted octanol–water partition coefficient (Wildman–Crippen LogP) is 7.58. The van der Waals surface area contributed by atoms with E-state index in [-0.39, 0.29) is 5.91 Å². The number of amides is 1. The molecular formula is C33H25ClN4O2. The average molecular weight is 545 g/mol. The lowest BCUT2D eigenvalue weighted by Crippen LogP contribution is -2.21. The molecule has 0 saturated carbocycles. The fraction of sp³-hybridized carbons (Fsp3) is 0.0606. The Bertz CT molecular complexity index is 1740. The molecule has 0 radical (unpaired) electrons. The molecule has 2 heterocycles. The molecule has 0 spiro atoms. The molecule has 7 heteroatoms. The van der Waals surface area contributed by atoms with Gasteiger partial charge in [0.25, 0.3) is 5.91 Å². The minimum absolute atomic E-state index is 0.182. The molecule has 0 fully saturated rings. The number of hydrogen-bond donors (Lipinski definition) is 0. The van der Waals surface area contributed by atoms with Crippen LogP contribution in [0.1, 0.15) is 18.1 Å². The van der Waals surface area contributed by atoms with E-state index in [1.165, 1.54) is 5.01 Å². The van der Waals surface area contributed by atoms with Crippen molar-refractivity contribution in [2.45, 2.75) is 13.5 Å². The van der Waals surface area contributed by atoms with Crippen LogP contribution in [-0.4, -0.2) is 21.4 Å². The van der Waals surface area contributed by atoms with E-state index >= 15 is 0 Å². The molecule has 1 aliphatic rings. The third-order valence-corrected chi connectivity index (χ3v) is 6.95. The Hall–Kier alpha value is -4.94. The number of para-hydroxylation sites is 2. The largest absolute Gasteiger partial charge is 0.489 e. The Labute approximate surface area is 237 Å². The zero-order valence-electron chi connectivity index (χ0n) is 21.7. The van der Waals surface area contributed by atoms with Gasteiger partial charge in [0.15, 0.2) is 0 Å². The molecule has 0 unspecified atom stereocenters. The second-order valence-corrected chi connectivity index (χ2v) is 9.72. The van der Waals surface area contributed by atoms with Gasteiger partial charge in [0, 0.05) is 27.9 Å². The molecule has 6 nitrogen and oxygen atoms in total. The topological polar surface area (TPSA) is 59.7 Å². The fourth-order valence-electron chi connectivity index (χ4n) is 4.52. The van der Waals surface area contributed by atoms with Crippen LogP contribution in [0.15, 0.2) is 126 Å². The van der Waals surface area contributed by atoms with Gasteiger partial charge in [-0.3, -0.25) is 4.79 Å². The van der Waals surface area contributed by atoms with E-state index in [0.29, 0.717) is 28.7 Å². The summed E-state index contributed by atoms with van der Waals surface area (Å²) in [4.78, 5) is 13.4. The second kappa shape index (κ2) is 11.0. The third-order valence-electron chi connectivity index (χ3n) is 6.59. The van der Waals surface area contributed by atoms with Gasteiger partial charge in [-0.1, -0.05) is 78.3 Å². The lowest BCUT2D eigenvalue weighted by atomic mass is 10.0. The van der Waals surface area contributed by atoms with Gasteiger partial charge in [-0.15, -0.1) is 0 Å². The van der Waals surface area contributed by atoms with Gasteiger partial charge >= 0.3 is 0 Å². The minimum Gasteiger partial charge on any atom is -0.489 e. The SMILES string of the molecule is CC1=NN(c2ccccc2)C(=O)/C1=C\c1cn(-c2ccccc2)nc1-c1cccc(OCc2ccccc2Cl)c1. The number of ether oxygens (including phenoxy) is 1. The second-order valence-electron chi connectivity index (χ2n) is 9.32. The summed E-state index contributed by atoms with van der Waals surface area (Å²) in [5.74, 6) is 0.508. The van der Waals surface area contributed by atoms with Crippen LogP contribution in [0, 0.1) is 0 Å². The van der Waals surface area contributed by atoms with Crippen molar-refractivity contribution in [3.63, 3.8) is 0 Å². The molecule has 1 aliphatic heterocycles. The summed E-state index contributed by atoms with van der Waals surface area (Å²) in [6.07, 6.45) is 3.80. The summed E-state index contributed by atoms with van der Waals surface area (Å²) < 4.78 is 7.90. The number of aromatic nitrogens is 2. The highest BCUT2D eigenvalue weighted by Gasteiger charge is 2.29. The van der Waals surface area contributed by atoms with Crippen LogP contribution in [0.25, 0.3) is 23.0 Å². The molecule has 0 bridgehead atoms. The molecule has 6 rings (SSSR count). The van der Waals surface area contributed by atoms with E-state index in [1.54, 1.807) is 0 Å². The zero-order valence-corrected chi connectivity index (χ0v) is 22.5. The number of hydrazone groups is 1. The summed E-state index contributed by atoms with van der Waals surface area (Å²) in [5, 5.41) is 11.6. The van der Waals surface area contributed by atoms with E-state index in [9.17, 15) is 4.79 Å². The number of nitrogens with zero attached hydrogens (tertiary/aromatic N) is 4. The van der Waals surface area contributed by atoms with E-state index in [2.05, 4.69) is 5.10 Å². The molecule has 4 aromatic carbocycles. The number of carbonyl (C=O) groups is 1. The summed E-state index contributed by atoms with van der Waals surface area (Å²) in [6, 6.07) is 34.7. The van der Waals surface area contributed by atoms with Crippen molar-refractivity contribution in [1.82, 2.24) is 9.78 Å². The average Bonchev–Trinajstić information content (AvgIpc) is 3.54. The molecule has 0 saturated heterocycles. The first-order chi connectivity index (χ1) is 19.6. The molecule has 5 aromatic rings. The maximum Gasteiger partial charge on any atom is 0.280 e. The van der Waals surface area contributed by atoms with E-state index < -0.39 is 0 Å². The Balaban J connectivity index is 1.37. The van der Waals surface area contributed by atoms with E-state index in [4.69, 9.17) is 21.4 Å². The number of benzene rings is 4. The Morgan fingerprint density at radius 3 is 2.30 bits per heavy atom. The fourth-order valence-corrected chi connectivity index (χ4v) is 4.71. The zero-order chi connectivity index (χ0) is 27.5. The van der Waals surface area contributed by atoms with Gasteiger partial charge in [-0.05, 0) is 55.5 Å². The van der Waals surface area contributed by atoms with E-state index in [0.717, 1.165) is 33.8 Å². The van der Waals surface area contributed by atoms with Crippen molar-refractivity contribution in [2.75, 3.05) is 5.01 Å². The first-order valence-corrected chi connectivity index (χ1v) is 13.2. The van der Waals surface area contributed by atoms with Crippen LogP contribution in [0.4, 0.5) is 5.69 Å². The molecule has 40 heavy (non-hydrogen) atoms. The summed E-state index contributed by atoms with van der Waals surface area (Å²) >= 11 is 6.31. The van der Waals surface area contributed by atoms with Crippen LogP contribution in [0.2, 0.25) is 5.02 Å². The molecule has 1 aromatic heterocycles. The van der Waals surface area contributed by atoms with Gasteiger partial charge in [0.1, 0.15) is 18.1 Å². The molecule has 0 N–H and O–H groups in total. The van der Waals surface area contributed by atoms with E-state index in [1.807, 2.05) is 133 Å². The Morgan fingerprint density at radius 1 is 0.850 bits per heavy atom. The van der Waals surface area contributed by atoms with Crippen molar-refractivity contribution in [1.29, 1.82) is 0 Å². The summed E-state index contributed by atoms with van der Waals surface area (Å²) in [6.45, 7) is 2.19. The standard InChI is InChI=1S/C33H25ClN4O2/c1-23-30(33(39)38(35-23)28-15-6-3-7-16-28)20-26-21-37(27-13-4-2-5-14-27)36-32(26)24-12-10-17-29(19-24)40-22-25-11-8-9-18-31(25)34/h2-21H,22H2,1H3/b30-20-. The molecule has 196 valence electrons. The van der Waals surface area contributed by atoms with Gasteiger partial charge in [-0.2, -0.15) is 15.2 Å². The molecule has 1 amide bonds. The van der Waals surface area contributed by atoms with Crippen LogP contribution < -0.4 is 9.75 Å². The van der Waals surface area contributed by atoms with Gasteiger partial charge in [0.05, 0.1) is 22.7 Å². The lowest BCUT2D eigenvalue weighted by Gasteiger charge is -2.11. The number of carbonyl (C=O) groups excluding carboxylic acids is 1. The maximum atomic E-state index is 13.4. The smallest absolute Gasteiger partial charge is 0.280 e. The number of halogens is 1. The number of anilines is 1. The van der Waals surface area contributed by atoms with Crippen molar-refractivity contribution < 1.29 is 9.53 Å².